The van der Waals surface area contributed by atoms with Crippen LogP contribution in [0.3, 0.4) is 0 Å². The Bertz CT molecular complexity index is 827. The van der Waals surface area contributed by atoms with E-state index in [2.05, 4.69) is 16.6 Å². The van der Waals surface area contributed by atoms with Crippen LogP contribution in [0.2, 0.25) is 0 Å². The predicted octanol–water partition coefficient (Wildman–Crippen LogP) is 1.93. The van der Waals surface area contributed by atoms with Crippen LogP contribution >= 0.6 is 0 Å². The third-order valence-corrected chi connectivity index (χ3v) is 8.92. The first-order chi connectivity index (χ1) is 16.5. The maximum Gasteiger partial charge on any atom is 0.242 e. The van der Waals surface area contributed by atoms with E-state index in [9.17, 15) is 28.2 Å². The van der Waals surface area contributed by atoms with E-state index in [1.54, 1.807) is 0 Å². The Morgan fingerprint density at radius 3 is 2.20 bits per heavy atom. The van der Waals surface area contributed by atoms with Crippen molar-refractivity contribution < 1.29 is 28.2 Å². The smallest absolute Gasteiger partial charge is 0.242 e. The van der Waals surface area contributed by atoms with Crippen LogP contribution in [0.1, 0.15) is 84.5 Å². The van der Waals surface area contributed by atoms with Crippen LogP contribution < -0.4 is 10.6 Å². The minimum absolute atomic E-state index is 0.0196. The molecule has 8 nitrogen and oxygen atoms in total. The van der Waals surface area contributed by atoms with E-state index in [0.717, 1.165) is 38.5 Å². The molecule has 0 bridgehead atoms. The second-order valence-corrected chi connectivity index (χ2v) is 13.1. The van der Waals surface area contributed by atoms with Gasteiger partial charge in [0.15, 0.2) is 9.84 Å². The fourth-order valence-corrected chi connectivity index (χ4v) is 6.56. The summed E-state index contributed by atoms with van der Waals surface area (Å²) >= 11 is 0. The second kappa shape index (κ2) is 14.2. The molecule has 2 aliphatic carbocycles. The summed E-state index contributed by atoms with van der Waals surface area (Å²) in [5.41, 5.74) is 0. The molecule has 2 amide bonds. The Kier molecular flexibility index (Phi) is 12.0. The first kappa shape index (κ1) is 29.6. The normalized spacial score (nSPS) is 20.5. The molecule has 0 aromatic heterocycles. The minimum atomic E-state index is -3.34. The molecule has 0 radical (unpaired) electrons. The van der Waals surface area contributed by atoms with Crippen LogP contribution in [0.15, 0.2) is 0 Å². The lowest BCUT2D eigenvalue weighted by Crippen LogP contribution is -2.55. The largest absolute Gasteiger partial charge is 0.389 e. The van der Waals surface area contributed by atoms with Crippen LogP contribution in [0, 0.1) is 30.1 Å². The predicted molar refractivity (Wildman–Crippen MR) is 136 cm³/mol. The summed E-state index contributed by atoms with van der Waals surface area (Å²) in [6.45, 7) is 3.62. The number of amides is 2. The Balaban J connectivity index is 2.03. The Morgan fingerprint density at radius 1 is 1.00 bits per heavy atom. The highest BCUT2D eigenvalue weighted by Gasteiger charge is 2.35. The molecule has 0 spiro atoms. The van der Waals surface area contributed by atoms with Gasteiger partial charge in [0.05, 0.1) is 23.7 Å². The highest BCUT2D eigenvalue weighted by molar-refractivity contribution is 7.91. The van der Waals surface area contributed by atoms with Crippen LogP contribution in [0.5, 0.6) is 0 Å². The van der Waals surface area contributed by atoms with Gasteiger partial charge in [-0.3, -0.25) is 9.59 Å². The summed E-state index contributed by atoms with van der Waals surface area (Å²) in [5.74, 6) is 1.88. The molecule has 0 heterocycles. The zero-order chi connectivity index (χ0) is 26.0. The molecule has 200 valence electrons. The molecule has 2 saturated carbocycles. The molecule has 0 aromatic carbocycles. The quantitative estimate of drug-likeness (QED) is 0.248. The summed E-state index contributed by atoms with van der Waals surface area (Å²) in [7, 11) is -3.34. The molecule has 2 aliphatic rings. The Labute approximate surface area is 210 Å². The number of sulfone groups is 1. The zero-order valence-electron chi connectivity index (χ0n) is 21.2. The molecule has 9 heteroatoms. The van der Waals surface area contributed by atoms with Gasteiger partial charge in [-0.05, 0) is 30.6 Å². The van der Waals surface area contributed by atoms with E-state index in [-0.39, 0.29) is 30.3 Å². The van der Waals surface area contributed by atoms with Crippen LogP contribution in [0.25, 0.3) is 0 Å². The van der Waals surface area contributed by atoms with Crippen LogP contribution in [0.4, 0.5) is 0 Å². The number of hydrogen-bond donors (Lipinski definition) is 4. The average Bonchev–Trinajstić information content (AvgIpc) is 3.60. The molecular weight excluding hydrogens is 468 g/mol. The van der Waals surface area contributed by atoms with Gasteiger partial charge < -0.3 is 20.8 Å². The molecule has 2 rings (SSSR count). The van der Waals surface area contributed by atoms with Crippen molar-refractivity contribution in [1.29, 1.82) is 0 Å². The number of carbonyl (C=O) groups is 2. The summed E-state index contributed by atoms with van der Waals surface area (Å²) in [6.07, 6.45) is 11.1. The minimum Gasteiger partial charge on any atom is -0.389 e. The monoisotopic (exact) mass is 512 g/mol. The maximum atomic E-state index is 13.2. The molecular formula is C26H44N2O6S. The summed E-state index contributed by atoms with van der Waals surface area (Å²) in [6, 6.07) is -1.49. The molecule has 35 heavy (non-hydrogen) atoms. The first-order valence-electron chi connectivity index (χ1n) is 13.1. The van der Waals surface area contributed by atoms with Crippen molar-refractivity contribution in [2.45, 2.75) is 109 Å². The topological polar surface area (TPSA) is 133 Å². The lowest BCUT2D eigenvalue weighted by atomic mass is 9.82. The highest BCUT2D eigenvalue weighted by atomic mass is 32.2. The number of rotatable bonds is 15. The number of carbonyl (C=O) groups excluding carboxylic acids is 2. The average molecular weight is 513 g/mol. The van der Waals surface area contributed by atoms with Crippen molar-refractivity contribution in [2.24, 2.45) is 17.8 Å². The Hall–Kier alpha value is -1.63. The number of terminal acetylenes is 1. The number of nitrogens with one attached hydrogen (secondary N) is 2. The molecule has 4 N–H and O–H groups in total. The van der Waals surface area contributed by atoms with E-state index in [4.69, 9.17) is 6.42 Å². The van der Waals surface area contributed by atoms with E-state index >= 15 is 0 Å². The maximum absolute atomic E-state index is 13.2. The third kappa shape index (κ3) is 11.3. The summed E-state index contributed by atoms with van der Waals surface area (Å²) < 4.78 is 24.3. The van der Waals surface area contributed by atoms with Crippen molar-refractivity contribution in [1.82, 2.24) is 10.6 Å². The summed E-state index contributed by atoms with van der Waals surface area (Å²) in [5, 5.41) is 26.7. The zero-order valence-corrected chi connectivity index (χ0v) is 22.1. The fourth-order valence-electron chi connectivity index (χ4n) is 4.88. The van der Waals surface area contributed by atoms with E-state index in [0.29, 0.717) is 24.7 Å². The third-order valence-electron chi connectivity index (χ3n) is 6.92. The van der Waals surface area contributed by atoms with E-state index in [1.807, 2.05) is 13.8 Å². The Morgan fingerprint density at radius 2 is 1.63 bits per heavy atom. The van der Waals surface area contributed by atoms with Gasteiger partial charge in [0, 0.05) is 12.8 Å². The molecule has 4 atom stereocenters. The van der Waals surface area contributed by atoms with Crippen molar-refractivity contribution in [3.8, 4) is 12.3 Å². The van der Waals surface area contributed by atoms with Crippen molar-refractivity contribution in [3.05, 3.63) is 0 Å². The standard InChI is InChI=1S/C26H44N2O6S/c1-4-8-23(29)25(31)21(15-19-9-6-5-7-10-19)28-26(32)22(16-20-11-12-20)27-24(30)13-14-35(33,34)17-18(2)3/h1,18-23,25,29,31H,5-17H2,2-3H3,(H,27,30)(H,28,32)/t21-,22-,23-,25+/m0/s1. The lowest BCUT2D eigenvalue weighted by Gasteiger charge is -2.33. The van der Waals surface area contributed by atoms with Crippen LogP contribution in [-0.4, -0.2) is 66.2 Å². The fraction of sp³-hybridized carbons (Fsp3) is 0.846. The van der Waals surface area contributed by atoms with Gasteiger partial charge in [0.1, 0.15) is 12.1 Å². The number of aliphatic hydroxyl groups is 2. The van der Waals surface area contributed by atoms with Gasteiger partial charge >= 0.3 is 0 Å². The first-order valence-corrected chi connectivity index (χ1v) is 14.9. The van der Waals surface area contributed by atoms with Crippen molar-refractivity contribution in [2.75, 3.05) is 11.5 Å². The van der Waals surface area contributed by atoms with Gasteiger partial charge in [0.25, 0.3) is 0 Å². The van der Waals surface area contributed by atoms with Gasteiger partial charge in [-0.2, -0.15) is 0 Å². The molecule has 0 aliphatic heterocycles. The number of aliphatic hydroxyl groups excluding tert-OH is 2. The van der Waals surface area contributed by atoms with Gasteiger partial charge in [-0.1, -0.05) is 58.8 Å². The SMILES string of the molecule is C#CC[C@H](O)[C@H](O)[C@H](CC1CCCCC1)NC(=O)[C@H](CC1CC1)NC(=O)CCS(=O)(=O)CC(C)C. The molecule has 0 unspecified atom stereocenters. The van der Waals surface area contributed by atoms with Gasteiger partial charge in [-0.25, -0.2) is 8.42 Å². The van der Waals surface area contributed by atoms with E-state index < -0.39 is 45.9 Å². The van der Waals surface area contributed by atoms with E-state index in [1.165, 1.54) is 6.42 Å². The number of hydrogen-bond acceptors (Lipinski definition) is 6. The lowest BCUT2D eigenvalue weighted by molar-refractivity contribution is -0.130. The molecule has 0 aromatic rings. The second-order valence-electron chi connectivity index (χ2n) is 10.9. The van der Waals surface area contributed by atoms with Gasteiger partial charge in [-0.15, -0.1) is 12.3 Å². The molecule has 2 fully saturated rings. The van der Waals surface area contributed by atoms with Crippen LogP contribution in [-0.2, 0) is 19.4 Å². The van der Waals surface area contributed by atoms with Gasteiger partial charge in [0.2, 0.25) is 11.8 Å². The summed E-state index contributed by atoms with van der Waals surface area (Å²) in [4.78, 5) is 25.8. The van der Waals surface area contributed by atoms with Crippen molar-refractivity contribution in [3.63, 3.8) is 0 Å². The molecule has 0 saturated heterocycles. The van der Waals surface area contributed by atoms with Crippen molar-refractivity contribution >= 4 is 21.7 Å². The highest BCUT2D eigenvalue weighted by Crippen LogP contribution is 2.34.